The summed E-state index contributed by atoms with van der Waals surface area (Å²) in [5.41, 5.74) is 6.08. The van der Waals surface area contributed by atoms with E-state index in [4.69, 9.17) is 0 Å². The molecule has 1 heterocycles. The van der Waals surface area contributed by atoms with Crippen molar-refractivity contribution in [3.05, 3.63) is 77.2 Å². The summed E-state index contributed by atoms with van der Waals surface area (Å²) in [4.78, 5) is 16.3. The number of aliphatic hydroxyl groups excluding tert-OH is 1. The average Bonchev–Trinajstić information content (AvgIpc) is 2.90. The standard InChI is InChI=1S/C23H26N.C13H21F3O2.Ir/c1-15(2)17-7-8-21-18(13-17)9-10-24-22(21)19-11-16(3)12-20(14-19)23(4,5)6;1-4-9(5-2)11(17)7-12(18)10(6-3)8-13(14,15)16;/h7-10,12-15H,1-6H3;7,9-10,17H,4-6,8H2,1-3H3;/q-1;;/b;11-7-;. The van der Waals surface area contributed by atoms with Gasteiger partial charge in [-0.2, -0.15) is 13.2 Å². The van der Waals surface area contributed by atoms with Crippen LogP contribution in [0.25, 0.3) is 22.0 Å². The molecule has 2 aromatic carbocycles. The summed E-state index contributed by atoms with van der Waals surface area (Å²) in [6.45, 7) is 18.6. The largest absolute Gasteiger partial charge is 0.512 e. The van der Waals surface area contributed by atoms with Gasteiger partial charge in [0.15, 0.2) is 5.78 Å². The number of hydrogen-bond donors (Lipinski definition) is 1. The molecule has 0 aliphatic heterocycles. The van der Waals surface area contributed by atoms with Crippen LogP contribution >= 0.6 is 0 Å². The van der Waals surface area contributed by atoms with Gasteiger partial charge < -0.3 is 10.1 Å². The van der Waals surface area contributed by atoms with Gasteiger partial charge in [0, 0.05) is 44.2 Å². The molecule has 0 spiro atoms. The van der Waals surface area contributed by atoms with Crippen molar-refractivity contribution < 1.29 is 43.2 Å². The van der Waals surface area contributed by atoms with Crippen LogP contribution in [0.5, 0.6) is 0 Å². The number of aryl methyl sites for hydroxylation is 1. The van der Waals surface area contributed by atoms with Gasteiger partial charge in [-0.25, -0.2) is 0 Å². The molecule has 1 radical (unpaired) electrons. The molecular weight excluding hydrogens is 728 g/mol. The van der Waals surface area contributed by atoms with Crippen molar-refractivity contribution in [2.24, 2.45) is 11.8 Å². The second kappa shape index (κ2) is 16.5. The smallest absolute Gasteiger partial charge is 0.389 e. The number of halogens is 3. The summed E-state index contributed by atoms with van der Waals surface area (Å²) in [7, 11) is 0. The Morgan fingerprint density at radius 3 is 2.09 bits per heavy atom. The van der Waals surface area contributed by atoms with Crippen LogP contribution in [0.2, 0.25) is 0 Å². The van der Waals surface area contributed by atoms with Crippen LogP contribution in [0.15, 0.2) is 54.4 Å². The van der Waals surface area contributed by atoms with Crippen molar-refractivity contribution in [1.29, 1.82) is 0 Å². The van der Waals surface area contributed by atoms with E-state index in [0.717, 1.165) is 22.9 Å². The van der Waals surface area contributed by atoms with E-state index < -0.39 is 24.3 Å². The number of hydrogen-bond acceptors (Lipinski definition) is 3. The van der Waals surface area contributed by atoms with E-state index in [2.05, 4.69) is 89.0 Å². The molecule has 7 heteroatoms. The van der Waals surface area contributed by atoms with Gasteiger partial charge in [-0.05, 0) is 58.7 Å². The molecule has 1 atom stereocenters. The first-order chi connectivity index (χ1) is 19.5. The maximum Gasteiger partial charge on any atom is 0.389 e. The van der Waals surface area contributed by atoms with Crippen molar-refractivity contribution in [2.75, 3.05) is 0 Å². The number of allylic oxidation sites excluding steroid dienone is 2. The van der Waals surface area contributed by atoms with Crippen LogP contribution in [0, 0.1) is 24.8 Å². The van der Waals surface area contributed by atoms with E-state index in [1.165, 1.54) is 28.8 Å². The van der Waals surface area contributed by atoms with Crippen LogP contribution in [-0.4, -0.2) is 22.1 Å². The minimum atomic E-state index is -4.35. The van der Waals surface area contributed by atoms with Gasteiger partial charge in [-0.3, -0.25) is 4.79 Å². The summed E-state index contributed by atoms with van der Waals surface area (Å²) >= 11 is 0. The Morgan fingerprint density at radius 2 is 1.58 bits per heavy atom. The fourth-order valence-electron chi connectivity index (χ4n) is 4.86. The van der Waals surface area contributed by atoms with Crippen LogP contribution < -0.4 is 0 Å². The number of rotatable bonds is 9. The number of aromatic nitrogens is 1. The molecule has 0 bridgehead atoms. The maximum absolute atomic E-state index is 12.2. The predicted octanol–water partition coefficient (Wildman–Crippen LogP) is 10.8. The number of aliphatic hydroxyl groups is 1. The molecule has 1 aromatic heterocycles. The van der Waals surface area contributed by atoms with Crippen molar-refractivity contribution in [3.63, 3.8) is 0 Å². The molecule has 0 fully saturated rings. The predicted molar refractivity (Wildman–Crippen MR) is 168 cm³/mol. The van der Waals surface area contributed by atoms with Crippen LogP contribution in [0.1, 0.15) is 104 Å². The zero-order valence-corrected chi connectivity index (χ0v) is 29.3. The zero-order chi connectivity index (χ0) is 31.8. The third-order valence-corrected chi connectivity index (χ3v) is 7.65. The number of pyridine rings is 1. The summed E-state index contributed by atoms with van der Waals surface area (Å²) in [6.07, 6.45) is -1.18. The molecule has 3 aromatic rings. The minimum absolute atomic E-state index is 0. The third kappa shape index (κ3) is 11.5. The molecule has 1 N–H and O–H groups in total. The first kappa shape index (κ1) is 38.5. The fraction of sp³-hybridized carbons (Fsp3) is 0.500. The maximum atomic E-state index is 12.2. The van der Waals surface area contributed by atoms with Gasteiger partial charge in [0.1, 0.15) is 0 Å². The molecule has 3 rings (SSSR count). The van der Waals surface area contributed by atoms with Gasteiger partial charge in [0.05, 0.1) is 12.2 Å². The molecule has 0 aliphatic rings. The van der Waals surface area contributed by atoms with E-state index in [1.54, 1.807) is 0 Å². The molecule has 43 heavy (non-hydrogen) atoms. The fourth-order valence-corrected chi connectivity index (χ4v) is 4.86. The van der Waals surface area contributed by atoms with Crippen LogP contribution in [-0.2, 0) is 30.3 Å². The summed E-state index contributed by atoms with van der Waals surface area (Å²) in [5, 5.41) is 12.1. The quantitative estimate of drug-likeness (QED) is 0.134. The Balaban J connectivity index is 0.000000440. The zero-order valence-electron chi connectivity index (χ0n) is 26.9. The topological polar surface area (TPSA) is 50.2 Å². The van der Waals surface area contributed by atoms with Gasteiger partial charge in [-0.1, -0.05) is 80.5 Å². The molecule has 0 amide bonds. The second-order valence-electron chi connectivity index (χ2n) is 12.4. The molecule has 0 aliphatic carbocycles. The molecular formula is C36H47F3IrNO2-. The molecule has 0 saturated heterocycles. The van der Waals surface area contributed by atoms with E-state index >= 15 is 0 Å². The Labute approximate surface area is 269 Å². The monoisotopic (exact) mass is 775 g/mol. The normalized spacial score (nSPS) is 13.0. The number of fused-ring (bicyclic) bond motifs is 1. The van der Waals surface area contributed by atoms with E-state index in [9.17, 15) is 23.1 Å². The van der Waals surface area contributed by atoms with Gasteiger partial charge in [-0.15, -0.1) is 34.9 Å². The number of benzene rings is 2. The molecule has 1 unspecified atom stereocenters. The van der Waals surface area contributed by atoms with Crippen LogP contribution in [0.3, 0.4) is 0 Å². The van der Waals surface area contributed by atoms with Crippen molar-refractivity contribution in [1.82, 2.24) is 4.98 Å². The van der Waals surface area contributed by atoms with Crippen LogP contribution in [0.4, 0.5) is 13.2 Å². The number of alkyl halides is 3. The van der Waals surface area contributed by atoms with Crippen molar-refractivity contribution in [2.45, 2.75) is 106 Å². The summed E-state index contributed by atoms with van der Waals surface area (Å²) in [5.74, 6) is -1.47. The Morgan fingerprint density at radius 1 is 0.977 bits per heavy atom. The van der Waals surface area contributed by atoms with E-state index in [-0.39, 0.29) is 43.6 Å². The van der Waals surface area contributed by atoms with E-state index in [1.807, 2.05) is 20.0 Å². The SMILES string of the molecule is CCC(CC(F)(F)F)C(=O)/C=C(\O)C(CC)CC.Cc1[c-]c(-c2nccc3cc(C(C)C)ccc23)cc(C(C)(C)C)c1.[Ir]. The first-order valence-electron chi connectivity index (χ1n) is 14.9. The molecule has 239 valence electrons. The van der Waals surface area contributed by atoms with Gasteiger partial charge >= 0.3 is 6.18 Å². The number of nitrogens with zero attached hydrogens (tertiary/aromatic N) is 1. The number of carbonyl (C=O) groups is 1. The number of carbonyl (C=O) groups excluding carboxylic acids is 1. The van der Waals surface area contributed by atoms with Gasteiger partial charge in [0.2, 0.25) is 0 Å². The average molecular weight is 775 g/mol. The summed E-state index contributed by atoms with van der Waals surface area (Å²) in [6, 6.07) is 16.8. The Bertz CT molecular complexity index is 1370. The van der Waals surface area contributed by atoms with Crippen molar-refractivity contribution >= 4 is 16.6 Å². The molecule has 3 nitrogen and oxygen atoms in total. The minimum Gasteiger partial charge on any atom is -0.512 e. The first-order valence-corrected chi connectivity index (χ1v) is 14.9. The van der Waals surface area contributed by atoms with E-state index in [0.29, 0.717) is 18.8 Å². The number of ketones is 1. The second-order valence-corrected chi connectivity index (χ2v) is 12.4. The Kier molecular flexibility index (Phi) is 14.8. The third-order valence-electron chi connectivity index (χ3n) is 7.65. The summed E-state index contributed by atoms with van der Waals surface area (Å²) < 4.78 is 36.7. The Hall–Kier alpha value is -2.50. The van der Waals surface area contributed by atoms with Gasteiger partial charge in [0.25, 0.3) is 0 Å². The molecule has 0 saturated carbocycles. The van der Waals surface area contributed by atoms with Crippen molar-refractivity contribution in [3.8, 4) is 11.3 Å².